The number of likely N-dealkylation sites (N-methyl/N-ethyl adjacent to an activating group) is 1. The topological polar surface area (TPSA) is 32.3 Å². The minimum Gasteiger partial charge on any atom is -0.341 e. The van der Waals surface area contributed by atoms with Gasteiger partial charge in [0.2, 0.25) is 5.91 Å². The molecule has 0 saturated carbocycles. The average Bonchev–Trinajstić information content (AvgIpc) is 3.21. The smallest absolute Gasteiger partial charge is 0.242 e. The summed E-state index contributed by atoms with van der Waals surface area (Å²) in [5.74, 6) is 0.0304. The van der Waals surface area contributed by atoms with Crippen LogP contribution in [0, 0.1) is 5.82 Å². The Morgan fingerprint density at radius 2 is 2.04 bits per heavy atom. The first kappa shape index (κ1) is 16.3. The highest BCUT2D eigenvalue weighted by molar-refractivity contribution is 5.89. The highest BCUT2D eigenvalue weighted by Gasteiger charge is 2.50. The molecule has 130 valence electrons. The Balaban J connectivity index is 1.59. The Hall–Kier alpha value is -2.20. The molecule has 2 aliphatic rings. The number of hydrogen-bond donors (Lipinski definition) is 1. The van der Waals surface area contributed by atoms with Gasteiger partial charge in [0, 0.05) is 24.7 Å². The first-order valence-electron chi connectivity index (χ1n) is 9.05. The van der Waals surface area contributed by atoms with Crippen molar-refractivity contribution in [3.05, 3.63) is 59.9 Å². The number of likely N-dealkylation sites (tertiary alicyclic amines) is 1. The van der Waals surface area contributed by atoms with E-state index in [1.807, 2.05) is 36.1 Å². The van der Waals surface area contributed by atoms with E-state index in [0.717, 1.165) is 43.5 Å². The molecule has 2 fully saturated rings. The van der Waals surface area contributed by atoms with Crippen molar-refractivity contribution in [3.8, 4) is 11.1 Å². The van der Waals surface area contributed by atoms with E-state index in [4.69, 9.17) is 0 Å². The molecule has 2 saturated heterocycles. The maximum absolute atomic E-state index is 14.1. The van der Waals surface area contributed by atoms with E-state index in [2.05, 4.69) is 11.4 Å². The van der Waals surface area contributed by atoms with Gasteiger partial charge in [0.1, 0.15) is 11.4 Å². The molecule has 4 heteroatoms. The van der Waals surface area contributed by atoms with Crippen LogP contribution in [0.25, 0.3) is 11.1 Å². The van der Waals surface area contributed by atoms with Gasteiger partial charge in [-0.1, -0.05) is 36.4 Å². The van der Waals surface area contributed by atoms with E-state index in [9.17, 15) is 9.18 Å². The summed E-state index contributed by atoms with van der Waals surface area (Å²) in [5, 5.41) is 3.61. The minimum absolute atomic E-state index is 0.146. The zero-order chi connectivity index (χ0) is 17.4. The fourth-order valence-electron chi connectivity index (χ4n) is 4.24. The van der Waals surface area contributed by atoms with Crippen molar-refractivity contribution < 1.29 is 9.18 Å². The molecule has 1 N–H and O–H groups in total. The quantitative estimate of drug-likeness (QED) is 0.920. The van der Waals surface area contributed by atoms with Gasteiger partial charge in [0.25, 0.3) is 0 Å². The van der Waals surface area contributed by atoms with Gasteiger partial charge in [0.15, 0.2) is 0 Å². The number of carbonyl (C=O) groups is 1. The van der Waals surface area contributed by atoms with Gasteiger partial charge in [-0.25, -0.2) is 4.39 Å². The molecule has 2 aliphatic heterocycles. The minimum atomic E-state index is -0.394. The van der Waals surface area contributed by atoms with Gasteiger partial charge < -0.3 is 4.90 Å². The number of hydrogen-bond acceptors (Lipinski definition) is 2. The molecule has 0 unspecified atom stereocenters. The fraction of sp³-hybridized carbons (Fsp3) is 0.381. The van der Waals surface area contributed by atoms with Crippen LogP contribution >= 0.6 is 0 Å². The van der Waals surface area contributed by atoms with Crippen molar-refractivity contribution in [2.45, 2.75) is 37.8 Å². The van der Waals surface area contributed by atoms with E-state index >= 15 is 0 Å². The lowest BCUT2D eigenvalue weighted by atomic mass is 9.95. The van der Waals surface area contributed by atoms with Gasteiger partial charge in [-0.05, 0) is 49.4 Å². The van der Waals surface area contributed by atoms with E-state index in [1.54, 1.807) is 12.1 Å². The maximum atomic E-state index is 14.1. The molecule has 0 aromatic heterocycles. The number of carbonyl (C=O) groups excluding carboxylic acids is 1. The molecule has 25 heavy (non-hydrogen) atoms. The molecule has 2 aromatic carbocycles. The van der Waals surface area contributed by atoms with Crippen molar-refractivity contribution in [2.75, 3.05) is 13.1 Å². The van der Waals surface area contributed by atoms with Crippen molar-refractivity contribution in [1.82, 2.24) is 10.2 Å². The van der Waals surface area contributed by atoms with Crippen LogP contribution in [0.1, 0.15) is 37.8 Å². The Bertz CT molecular complexity index is 806. The van der Waals surface area contributed by atoms with Crippen molar-refractivity contribution in [2.24, 2.45) is 0 Å². The monoisotopic (exact) mass is 338 g/mol. The molecular formula is C21H23FN2O. The summed E-state index contributed by atoms with van der Waals surface area (Å²) in [5.41, 5.74) is 2.23. The fourth-order valence-corrected chi connectivity index (χ4v) is 4.24. The molecule has 3 nitrogen and oxygen atoms in total. The van der Waals surface area contributed by atoms with Crippen LogP contribution in [0.5, 0.6) is 0 Å². The molecular weight excluding hydrogens is 315 g/mol. The number of halogens is 1. The van der Waals surface area contributed by atoms with Crippen LogP contribution in [0.2, 0.25) is 0 Å². The Morgan fingerprint density at radius 3 is 2.80 bits per heavy atom. The van der Waals surface area contributed by atoms with E-state index in [-0.39, 0.29) is 17.8 Å². The third kappa shape index (κ3) is 2.74. The predicted octanol–water partition coefficient (Wildman–Crippen LogP) is 3.91. The van der Waals surface area contributed by atoms with Gasteiger partial charge in [-0.3, -0.25) is 10.1 Å². The first-order chi connectivity index (χ1) is 12.1. The molecule has 1 spiro atoms. The Kier molecular flexibility index (Phi) is 4.08. The second-order valence-electron chi connectivity index (χ2n) is 7.06. The molecule has 2 aromatic rings. The standard InChI is InChI=1S/C21H23FN2O/c1-2-24-13-12-21(20(24)25)11-10-19(23-21)16-7-5-6-15(14-16)17-8-3-4-9-18(17)22/h3-9,14,19,23H,2,10-13H2,1H3/t19-,21-/m0/s1. The molecule has 2 atom stereocenters. The lowest BCUT2D eigenvalue weighted by Gasteiger charge is -2.24. The van der Waals surface area contributed by atoms with Crippen molar-refractivity contribution in [1.29, 1.82) is 0 Å². The average molecular weight is 338 g/mol. The third-order valence-corrected chi connectivity index (χ3v) is 5.67. The normalized spacial score (nSPS) is 25.9. The Morgan fingerprint density at radius 1 is 1.20 bits per heavy atom. The van der Waals surface area contributed by atoms with E-state index < -0.39 is 5.54 Å². The first-order valence-corrected chi connectivity index (χ1v) is 9.05. The van der Waals surface area contributed by atoms with Crippen LogP contribution < -0.4 is 5.32 Å². The molecule has 0 bridgehead atoms. The predicted molar refractivity (Wildman–Crippen MR) is 96.5 cm³/mol. The number of nitrogens with zero attached hydrogens (tertiary/aromatic N) is 1. The number of rotatable bonds is 3. The third-order valence-electron chi connectivity index (χ3n) is 5.67. The van der Waals surface area contributed by atoms with Crippen LogP contribution in [0.3, 0.4) is 0 Å². The SMILES string of the molecule is CCN1CC[C@@]2(CC[C@@H](c3cccc(-c4ccccc4F)c3)N2)C1=O. The summed E-state index contributed by atoms with van der Waals surface area (Å²) in [6.45, 7) is 3.64. The number of nitrogens with one attached hydrogen (secondary N) is 1. The second-order valence-corrected chi connectivity index (χ2v) is 7.06. The lowest BCUT2D eigenvalue weighted by molar-refractivity contribution is -0.132. The van der Waals surface area contributed by atoms with Gasteiger partial charge in [-0.15, -0.1) is 0 Å². The highest BCUT2D eigenvalue weighted by Crippen LogP contribution is 2.40. The Labute approximate surface area is 147 Å². The number of amides is 1. The molecule has 1 amide bonds. The molecule has 2 heterocycles. The molecule has 4 rings (SSSR count). The zero-order valence-electron chi connectivity index (χ0n) is 14.5. The lowest BCUT2D eigenvalue weighted by Crippen LogP contribution is -2.48. The maximum Gasteiger partial charge on any atom is 0.242 e. The van der Waals surface area contributed by atoms with Crippen molar-refractivity contribution >= 4 is 5.91 Å². The zero-order valence-corrected chi connectivity index (χ0v) is 14.5. The molecule has 0 aliphatic carbocycles. The number of benzene rings is 2. The largest absolute Gasteiger partial charge is 0.341 e. The summed E-state index contributed by atoms with van der Waals surface area (Å²) >= 11 is 0. The summed E-state index contributed by atoms with van der Waals surface area (Å²) in [4.78, 5) is 14.6. The van der Waals surface area contributed by atoms with Gasteiger partial charge in [0.05, 0.1) is 0 Å². The molecule has 0 radical (unpaired) electrons. The summed E-state index contributed by atoms with van der Waals surface area (Å²) in [6, 6.07) is 15.0. The summed E-state index contributed by atoms with van der Waals surface area (Å²) in [7, 11) is 0. The van der Waals surface area contributed by atoms with E-state index in [0.29, 0.717) is 5.56 Å². The second kappa shape index (κ2) is 6.26. The van der Waals surface area contributed by atoms with E-state index in [1.165, 1.54) is 6.07 Å². The van der Waals surface area contributed by atoms with Gasteiger partial charge in [-0.2, -0.15) is 0 Å². The summed E-state index contributed by atoms with van der Waals surface area (Å²) in [6.07, 6.45) is 2.68. The van der Waals surface area contributed by atoms with Crippen LogP contribution in [0.4, 0.5) is 4.39 Å². The summed E-state index contributed by atoms with van der Waals surface area (Å²) < 4.78 is 14.1. The van der Waals surface area contributed by atoms with Crippen molar-refractivity contribution in [3.63, 3.8) is 0 Å². The van der Waals surface area contributed by atoms with Gasteiger partial charge >= 0.3 is 0 Å². The van der Waals surface area contributed by atoms with Crippen LogP contribution in [0.15, 0.2) is 48.5 Å². The van der Waals surface area contributed by atoms with Crippen LogP contribution in [-0.2, 0) is 4.79 Å². The highest BCUT2D eigenvalue weighted by atomic mass is 19.1. The van der Waals surface area contributed by atoms with Crippen LogP contribution in [-0.4, -0.2) is 29.4 Å².